The van der Waals surface area contributed by atoms with E-state index in [1.165, 1.54) is 4.90 Å². The van der Waals surface area contributed by atoms with Crippen LogP contribution in [0.1, 0.15) is 29.4 Å². The number of aromatic carboxylic acids is 1. The van der Waals surface area contributed by atoms with Gasteiger partial charge >= 0.3 is 5.97 Å². The van der Waals surface area contributed by atoms with Crippen LogP contribution in [0.3, 0.4) is 0 Å². The number of anilines is 1. The van der Waals surface area contributed by atoms with Crippen LogP contribution in [0.4, 0.5) is 5.00 Å². The number of carbonyl (C=O) groups excluding carboxylic acids is 1. The molecule has 0 spiro atoms. The number of amides is 1. The number of carboxylic acid groups (broad SMARTS) is 1. The molecule has 1 fully saturated rings. The molecule has 1 aliphatic heterocycles. The van der Waals surface area contributed by atoms with E-state index in [0.717, 1.165) is 11.5 Å². The number of nitrogens with zero attached hydrogens (tertiary/aromatic N) is 2. The molecule has 1 aromatic heterocycles. The van der Waals surface area contributed by atoms with Gasteiger partial charge in [-0.1, -0.05) is 0 Å². The Kier molecular flexibility index (Phi) is 3.86. The highest BCUT2D eigenvalue weighted by atomic mass is 32.1. The van der Waals surface area contributed by atoms with Crippen LogP contribution >= 0.6 is 11.5 Å². The molecule has 2 atom stereocenters. The van der Waals surface area contributed by atoms with Crippen molar-refractivity contribution in [3.63, 3.8) is 0 Å². The molecule has 0 radical (unpaired) electrons. The second-order valence-corrected chi connectivity index (χ2v) is 5.37. The highest BCUT2D eigenvalue weighted by Gasteiger charge is 2.35. The Labute approximate surface area is 115 Å². The molecule has 1 N–H and O–H groups in total. The van der Waals surface area contributed by atoms with Crippen LogP contribution in [0.25, 0.3) is 0 Å². The van der Waals surface area contributed by atoms with Crippen LogP contribution in [-0.2, 0) is 9.53 Å². The van der Waals surface area contributed by atoms with Crippen molar-refractivity contribution < 1.29 is 19.4 Å². The van der Waals surface area contributed by atoms with Crippen LogP contribution < -0.4 is 4.90 Å². The summed E-state index contributed by atoms with van der Waals surface area (Å²) >= 11 is 1.03. The molecule has 1 aromatic rings. The first-order chi connectivity index (χ1) is 8.93. The monoisotopic (exact) mass is 284 g/mol. The predicted molar refractivity (Wildman–Crippen MR) is 70.7 cm³/mol. The minimum Gasteiger partial charge on any atom is -0.478 e. The molecule has 2 unspecified atom stereocenters. The third-order valence-electron chi connectivity index (χ3n) is 3.39. The molecule has 19 heavy (non-hydrogen) atoms. The zero-order valence-corrected chi connectivity index (χ0v) is 11.9. The van der Waals surface area contributed by atoms with Crippen LogP contribution in [-0.4, -0.2) is 41.1 Å². The van der Waals surface area contributed by atoms with Crippen molar-refractivity contribution in [1.82, 2.24) is 4.37 Å². The number of carbonyl (C=O) groups is 2. The fourth-order valence-electron chi connectivity index (χ4n) is 2.24. The summed E-state index contributed by atoms with van der Waals surface area (Å²) in [6.07, 6.45) is 0.544. The molecular weight excluding hydrogens is 268 g/mol. The molecular formula is C12H16N2O4S. The van der Waals surface area contributed by atoms with E-state index in [4.69, 9.17) is 4.74 Å². The lowest BCUT2D eigenvalue weighted by atomic mass is 10.0. The van der Waals surface area contributed by atoms with Gasteiger partial charge in [0.2, 0.25) is 5.91 Å². The first kappa shape index (κ1) is 14.0. The van der Waals surface area contributed by atoms with Crippen molar-refractivity contribution in [3.05, 3.63) is 11.3 Å². The number of ether oxygens (including phenoxy) is 1. The lowest BCUT2D eigenvalue weighted by molar-refractivity contribution is -0.123. The molecule has 1 aliphatic rings. The Morgan fingerprint density at radius 2 is 2.21 bits per heavy atom. The van der Waals surface area contributed by atoms with E-state index in [1.54, 1.807) is 14.0 Å². The van der Waals surface area contributed by atoms with Gasteiger partial charge in [0.1, 0.15) is 10.6 Å². The van der Waals surface area contributed by atoms with E-state index in [9.17, 15) is 14.7 Å². The fourth-order valence-corrected chi connectivity index (χ4v) is 3.09. The summed E-state index contributed by atoms with van der Waals surface area (Å²) in [5.74, 6) is -1.39. The quantitative estimate of drug-likeness (QED) is 0.910. The second-order valence-electron chi connectivity index (χ2n) is 4.62. The maximum Gasteiger partial charge on any atom is 0.340 e. The van der Waals surface area contributed by atoms with Crippen molar-refractivity contribution in [2.75, 3.05) is 18.6 Å². The zero-order chi connectivity index (χ0) is 14.2. The van der Waals surface area contributed by atoms with Gasteiger partial charge in [-0.3, -0.25) is 4.79 Å². The summed E-state index contributed by atoms with van der Waals surface area (Å²) < 4.78 is 9.40. The van der Waals surface area contributed by atoms with Crippen LogP contribution in [0.15, 0.2) is 0 Å². The lowest BCUT2D eigenvalue weighted by Gasteiger charge is -2.21. The fraction of sp³-hybridized carbons (Fsp3) is 0.583. The van der Waals surface area contributed by atoms with E-state index in [0.29, 0.717) is 23.7 Å². The van der Waals surface area contributed by atoms with E-state index < -0.39 is 5.97 Å². The molecule has 104 valence electrons. The van der Waals surface area contributed by atoms with Gasteiger partial charge in [0, 0.05) is 13.7 Å². The number of aryl methyl sites for hydroxylation is 1. The Hall–Kier alpha value is -1.47. The largest absolute Gasteiger partial charge is 0.478 e. The van der Waals surface area contributed by atoms with E-state index in [1.807, 2.05) is 6.92 Å². The number of carboxylic acids is 1. The van der Waals surface area contributed by atoms with Crippen molar-refractivity contribution in [2.45, 2.75) is 26.4 Å². The predicted octanol–water partition coefficient (Wildman–Crippen LogP) is 1.54. The summed E-state index contributed by atoms with van der Waals surface area (Å²) in [5, 5.41) is 9.57. The Morgan fingerprint density at radius 3 is 2.74 bits per heavy atom. The molecule has 6 nitrogen and oxygen atoms in total. The van der Waals surface area contributed by atoms with Gasteiger partial charge in [-0.2, -0.15) is 4.37 Å². The summed E-state index contributed by atoms with van der Waals surface area (Å²) in [7, 11) is 1.59. The topological polar surface area (TPSA) is 79.7 Å². The van der Waals surface area contributed by atoms with Crippen LogP contribution in [0, 0.1) is 12.8 Å². The summed E-state index contributed by atoms with van der Waals surface area (Å²) in [6.45, 7) is 4.06. The van der Waals surface area contributed by atoms with Crippen molar-refractivity contribution in [1.29, 1.82) is 0 Å². The van der Waals surface area contributed by atoms with Gasteiger partial charge in [0.05, 0.1) is 17.7 Å². The third-order valence-corrected chi connectivity index (χ3v) is 4.40. The molecule has 0 aromatic carbocycles. The minimum absolute atomic E-state index is 0.104. The maximum absolute atomic E-state index is 12.4. The number of hydrogen-bond acceptors (Lipinski definition) is 5. The molecule has 0 aliphatic carbocycles. The van der Waals surface area contributed by atoms with Gasteiger partial charge in [-0.05, 0) is 31.8 Å². The van der Waals surface area contributed by atoms with Crippen LogP contribution in [0.5, 0.6) is 0 Å². The average Bonchev–Trinajstić information content (AvgIpc) is 2.93. The summed E-state index contributed by atoms with van der Waals surface area (Å²) in [5.41, 5.74) is 0.537. The normalized spacial score (nSPS) is 22.5. The van der Waals surface area contributed by atoms with E-state index >= 15 is 0 Å². The van der Waals surface area contributed by atoms with Gasteiger partial charge < -0.3 is 14.7 Å². The second kappa shape index (κ2) is 5.26. The van der Waals surface area contributed by atoms with Crippen LogP contribution in [0.2, 0.25) is 0 Å². The van der Waals surface area contributed by atoms with E-state index in [2.05, 4.69) is 4.37 Å². The van der Waals surface area contributed by atoms with E-state index in [-0.39, 0.29) is 23.5 Å². The number of hydrogen-bond donors (Lipinski definition) is 1. The Morgan fingerprint density at radius 1 is 1.53 bits per heavy atom. The zero-order valence-electron chi connectivity index (χ0n) is 11.0. The molecule has 2 rings (SSSR count). The number of aromatic nitrogens is 1. The Balaban J connectivity index is 2.27. The van der Waals surface area contributed by atoms with Gasteiger partial charge in [0.15, 0.2) is 0 Å². The summed E-state index contributed by atoms with van der Waals surface area (Å²) in [6, 6.07) is 0. The van der Waals surface area contributed by atoms with Gasteiger partial charge in [-0.25, -0.2) is 4.79 Å². The maximum atomic E-state index is 12.4. The van der Waals surface area contributed by atoms with Crippen molar-refractivity contribution >= 4 is 28.4 Å². The average molecular weight is 284 g/mol. The highest BCUT2D eigenvalue weighted by Crippen LogP contribution is 2.31. The van der Waals surface area contributed by atoms with Crippen molar-refractivity contribution in [3.8, 4) is 0 Å². The molecule has 7 heteroatoms. The van der Waals surface area contributed by atoms with Gasteiger partial charge in [-0.15, -0.1) is 0 Å². The Bertz CT molecular complexity index is 514. The van der Waals surface area contributed by atoms with Gasteiger partial charge in [0.25, 0.3) is 0 Å². The third kappa shape index (κ3) is 2.48. The summed E-state index contributed by atoms with van der Waals surface area (Å²) in [4.78, 5) is 25.0. The SMILES string of the molecule is Cc1nsc(N(C)C(=O)C2CCOC2C)c1C(=O)O. The lowest BCUT2D eigenvalue weighted by Crippen LogP contribution is -2.36. The van der Waals surface area contributed by atoms with Crippen molar-refractivity contribution in [2.24, 2.45) is 5.92 Å². The smallest absolute Gasteiger partial charge is 0.340 e. The molecule has 0 saturated carbocycles. The molecule has 1 saturated heterocycles. The molecule has 2 heterocycles. The standard InChI is InChI=1S/C12H16N2O4S/c1-6-9(12(16)17)11(19-13-6)14(3)10(15)8-4-5-18-7(8)2/h7-8H,4-5H2,1-3H3,(H,16,17). The first-order valence-electron chi connectivity index (χ1n) is 6.02. The first-order valence-corrected chi connectivity index (χ1v) is 6.79. The minimum atomic E-state index is -1.06. The highest BCUT2D eigenvalue weighted by molar-refractivity contribution is 7.11. The number of rotatable bonds is 3. The molecule has 1 amide bonds. The molecule has 0 bridgehead atoms.